The van der Waals surface area contributed by atoms with Crippen molar-refractivity contribution in [2.75, 3.05) is 0 Å². The van der Waals surface area contributed by atoms with Crippen LogP contribution in [-0.4, -0.2) is 25.5 Å². The summed E-state index contributed by atoms with van der Waals surface area (Å²) in [4.78, 5) is 10.9. The molecule has 0 heterocycles. The molecule has 0 saturated carbocycles. The van der Waals surface area contributed by atoms with Gasteiger partial charge in [-0.05, 0) is 25.1 Å². The Morgan fingerprint density at radius 2 is 1.88 bits per heavy atom. The average molecular weight is 244 g/mol. The summed E-state index contributed by atoms with van der Waals surface area (Å²) in [6.07, 6.45) is 1.19. The van der Waals surface area contributed by atoms with E-state index in [1.54, 1.807) is 13.0 Å². The van der Waals surface area contributed by atoms with Gasteiger partial charge in [0.25, 0.3) is 0 Å². The first kappa shape index (κ1) is 15.4. The molecule has 1 N–H and O–H groups in total. The Morgan fingerprint density at radius 3 is 2.12 bits per heavy atom. The maximum absolute atomic E-state index is 10.9. The molecule has 0 aliphatic heterocycles. The van der Waals surface area contributed by atoms with Crippen LogP contribution < -0.4 is 0 Å². The quantitative estimate of drug-likeness (QED) is 0.596. The van der Waals surface area contributed by atoms with E-state index in [0.29, 0.717) is 0 Å². The van der Waals surface area contributed by atoms with Crippen molar-refractivity contribution < 1.29 is 14.3 Å². The number of hydrogen-bond donors (Lipinski definition) is 1. The summed E-state index contributed by atoms with van der Waals surface area (Å²) < 4.78 is 6.01. The second-order valence-electron chi connectivity index (χ2n) is 5.71. The first-order valence-electron chi connectivity index (χ1n) is 5.56. The lowest BCUT2D eigenvalue weighted by molar-refractivity contribution is -0.143. The molecule has 94 valence electrons. The second kappa shape index (κ2) is 5.14. The molecule has 0 aromatic rings. The van der Waals surface area contributed by atoms with Crippen LogP contribution >= 0.6 is 0 Å². The van der Waals surface area contributed by atoms with Crippen LogP contribution in [0.5, 0.6) is 0 Å². The number of hydrogen-bond acceptors (Lipinski definition) is 2. The third kappa shape index (κ3) is 3.76. The fraction of sp³-hybridized carbons (Fsp3) is 0.750. The van der Waals surface area contributed by atoms with Gasteiger partial charge in [0, 0.05) is 0 Å². The Kier molecular flexibility index (Phi) is 4.95. The Labute approximate surface area is 99.6 Å². The molecule has 0 aromatic carbocycles. The van der Waals surface area contributed by atoms with Crippen molar-refractivity contribution in [1.82, 2.24) is 0 Å². The highest BCUT2D eigenvalue weighted by Gasteiger charge is 2.40. The molecule has 0 aliphatic carbocycles. The zero-order valence-electron chi connectivity index (χ0n) is 11.2. The fourth-order valence-corrected chi connectivity index (χ4v) is 2.35. The summed E-state index contributed by atoms with van der Waals surface area (Å²) in [5.74, 6) is -1.39. The molecular formula is C12H24O3Si. The summed E-state index contributed by atoms with van der Waals surface area (Å²) >= 11 is 0. The highest BCUT2D eigenvalue weighted by atomic mass is 28.4. The van der Waals surface area contributed by atoms with Crippen molar-refractivity contribution in [3.63, 3.8) is 0 Å². The van der Waals surface area contributed by atoms with E-state index < -0.39 is 26.3 Å². The summed E-state index contributed by atoms with van der Waals surface area (Å²) in [7, 11) is -1.93. The zero-order chi connectivity index (χ0) is 13.1. The standard InChI is InChI=1S/C12H24O3Si/c1-8-10(9(2)11(13)14)15-16(6,7)12(3,4)5/h8-10H,1H2,2-7H3,(H,13,14)/t9-,10+/m0/s1. The predicted octanol–water partition coefficient (Wildman–Crippen LogP) is 3.28. The van der Waals surface area contributed by atoms with Gasteiger partial charge in [0.05, 0.1) is 12.0 Å². The molecule has 4 heteroatoms. The van der Waals surface area contributed by atoms with Crippen molar-refractivity contribution in [2.45, 2.75) is 51.9 Å². The molecule has 0 rings (SSSR count). The highest BCUT2D eigenvalue weighted by Crippen LogP contribution is 2.38. The molecule has 0 aliphatic rings. The van der Waals surface area contributed by atoms with Crippen molar-refractivity contribution in [3.8, 4) is 0 Å². The van der Waals surface area contributed by atoms with E-state index in [1.807, 2.05) is 0 Å². The third-order valence-electron chi connectivity index (χ3n) is 3.35. The number of carboxylic acid groups (broad SMARTS) is 1. The maximum Gasteiger partial charge on any atom is 0.309 e. The van der Waals surface area contributed by atoms with E-state index in [0.717, 1.165) is 0 Å². The van der Waals surface area contributed by atoms with Gasteiger partial charge >= 0.3 is 5.97 Å². The second-order valence-corrected chi connectivity index (χ2v) is 10.5. The zero-order valence-corrected chi connectivity index (χ0v) is 12.2. The topological polar surface area (TPSA) is 46.5 Å². The van der Waals surface area contributed by atoms with Crippen LogP contribution in [0.2, 0.25) is 18.1 Å². The fourth-order valence-electron chi connectivity index (χ4n) is 1.01. The molecule has 0 bridgehead atoms. The van der Waals surface area contributed by atoms with Crippen LogP contribution in [0.4, 0.5) is 0 Å². The normalized spacial score (nSPS) is 16.6. The molecule has 3 nitrogen and oxygen atoms in total. The van der Waals surface area contributed by atoms with Gasteiger partial charge in [0.1, 0.15) is 0 Å². The van der Waals surface area contributed by atoms with Crippen LogP contribution in [0.15, 0.2) is 12.7 Å². The molecule has 0 unspecified atom stereocenters. The van der Waals surface area contributed by atoms with Crippen LogP contribution in [0.25, 0.3) is 0 Å². The van der Waals surface area contributed by atoms with Crippen LogP contribution in [0.1, 0.15) is 27.7 Å². The summed E-state index contributed by atoms with van der Waals surface area (Å²) in [6.45, 7) is 15.9. The first-order chi connectivity index (χ1) is 7.03. The van der Waals surface area contributed by atoms with Crippen LogP contribution in [0.3, 0.4) is 0 Å². The third-order valence-corrected chi connectivity index (χ3v) is 7.83. The molecule has 0 aromatic heterocycles. The van der Waals surface area contributed by atoms with Gasteiger partial charge in [-0.1, -0.05) is 26.8 Å². The van der Waals surface area contributed by atoms with Gasteiger partial charge in [-0.2, -0.15) is 0 Å². The number of aliphatic carboxylic acids is 1. The minimum absolute atomic E-state index is 0.0759. The van der Waals surface area contributed by atoms with Gasteiger partial charge < -0.3 is 9.53 Å². The summed E-state index contributed by atoms with van der Waals surface area (Å²) in [5, 5.41) is 9.05. The van der Waals surface area contributed by atoms with E-state index in [1.165, 1.54) is 0 Å². The molecule has 0 spiro atoms. The smallest absolute Gasteiger partial charge is 0.309 e. The summed E-state index contributed by atoms with van der Waals surface area (Å²) in [6, 6.07) is 0. The van der Waals surface area contributed by atoms with Crippen molar-refractivity contribution in [1.29, 1.82) is 0 Å². The largest absolute Gasteiger partial charge is 0.481 e. The van der Waals surface area contributed by atoms with E-state index >= 15 is 0 Å². The Balaban J connectivity index is 4.80. The molecule has 2 atom stereocenters. The SMILES string of the molecule is C=C[C@@H](O[Si](C)(C)C(C)(C)C)[C@H](C)C(=O)O. The summed E-state index contributed by atoms with van der Waals surface area (Å²) in [5.41, 5.74) is 0. The predicted molar refractivity (Wildman–Crippen MR) is 69.1 cm³/mol. The van der Waals surface area contributed by atoms with Crippen LogP contribution in [-0.2, 0) is 9.22 Å². The van der Waals surface area contributed by atoms with Gasteiger partial charge in [-0.25, -0.2) is 0 Å². The Morgan fingerprint density at radius 1 is 1.44 bits per heavy atom. The molecule has 0 fully saturated rings. The minimum atomic E-state index is -1.93. The maximum atomic E-state index is 10.9. The van der Waals surface area contributed by atoms with Crippen molar-refractivity contribution >= 4 is 14.3 Å². The van der Waals surface area contributed by atoms with Crippen molar-refractivity contribution in [3.05, 3.63) is 12.7 Å². The highest BCUT2D eigenvalue weighted by molar-refractivity contribution is 6.74. The first-order valence-corrected chi connectivity index (χ1v) is 8.47. The lowest BCUT2D eigenvalue weighted by atomic mass is 10.1. The van der Waals surface area contributed by atoms with E-state index in [2.05, 4.69) is 40.4 Å². The number of rotatable bonds is 5. The van der Waals surface area contributed by atoms with Gasteiger partial charge in [0.2, 0.25) is 0 Å². The lowest BCUT2D eigenvalue weighted by Crippen LogP contribution is -2.45. The lowest BCUT2D eigenvalue weighted by Gasteiger charge is -2.39. The molecule has 16 heavy (non-hydrogen) atoms. The van der Waals surface area contributed by atoms with E-state index in [4.69, 9.17) is 9.53 Å². The molecule has 0 amide bonds. The molecular weight excluding hydrogens is 220 g/mol. The minimum Gasteiger partial charge on any atom is -0.481 e. The monoisotopic (exact) mass is 244 g/mol. The Bertz CT molecular complexity index is 266. The van der Waals surface area contributed by atoms with E-state index in [-0.39, 0.29) is 5.04 Å². The van der Waals surface area contributed by atoms with E-state index in [9.17, 15) is 4.79 Å². The molecule has 0 saturated heterocycles. The molecule has 0 radical (unpaired) electrons. The number of carboxylic acids is 1. The number of carbonyl (C=O) groups is 1. The van der Waals surface area contributed by atoms with Gasteiger partial charge in [-0.3, -0.25) is 4.79 Å². The van der Waals surface area contributed by atoms with Crippen molar-refractivity contribution in [2.24, 2.45) is 5.92 Å². The van der Waals surface area contributed by atoms with Gasteiger partial charge in [-0.15, -0.1) is 6.58 Å². The Hall–Kier alpha value is -0.613. The van der Waals surface area contributed by atoms with Gasteiger partial charge in [0.15, 0.2) is 8.32 Å². The van der Waals surface area contributed by atoms with Crippen LogP contribution in [0, 0.1) is 5.92 Å². The average Bonchev–Trinajstić information content (AvgIpc) is 2.11.